The fourth-order valence-corrected chi connectivity index (χ4v) is 5.15. The molecule has 0 spiro atoms. The van der Waals surface area contributed by atoms with Crippen LogP contribution in [0, 0.1) is 5.41 Å². The summed E-state index contributed by atoms with van der Waals surface area (Å²) >= 11 is 0. The minimum absolute atomic E-state index is 0.700. The monoisotopic (exact) mass is 585 g/mol. The molecule has 1 amide bonds. The molecule has 19 nitrogen and oxygen atoms in total. The molecule has 40 heavy (non-hydrogen) atoms. The molecule has 1 aliphatic carbocycles. The van der Waals surface area contributed by atoms with Crippen molar-refractivity contribution in [2.75, 3.05) is 20.3 Å². The van der Waals surface area contributed by atoms with Gasteiger partial charge in [0.15, 0.2) is 24.6 Å². The van der Waals surface area contributed by atoms with Gasteiger partial charge in [-0.3, -0.25) is 5.41 Å². The standard InChI is InChI=1S/C21H39N5O14/c1-5-21(35,4-28)16(40-17-8(25-2)10(30)9(29)6(3-27)37-17)18(36-5)38-14-7(26-19(22)23)11(31)15(39-20(24)34)13(33)12(14)32/h5-18,25,27-33,35H,3-4H2,1-2H3,(H2,24,34)(H4,22,23,26)/t5-,6-,7-,8-,9-,10-,11-,12+,13+,14+,15+,16-,17-,18-,21+/m0/s1. The second-order valence-electron chi connectivity index (χ2n) is 9.93. The third kappa shape index (κ3) is 6.11. The molecule has 3 aliphatic rings. The van der Waals surface area contributed by atoms with E-state index in [-0.39, 0.29) is 0 Å². The van der Waals surface area contributed by atoms with E-state index >= 15 is 0 Å². The van der Waals surface area contributed by atoms with Crippen molar-refractivity contribution >= 4 is 12.1 Å². The Morgan fingerprint density at radius 2 is 1.55 bits per heavy atom. The topological polar surface area (TPSA) is 325 Å². The quantitative estimate of drug-likeness (QED) is 0.0882. The van der Waals surface area contributed by atoms with Crippen LogP contribution in [0.15, 0.2) is 0 Å². The van der Waals surface area contributed by atoms with Gasteiger partial charge in [0.05, 0.1) is 31.4 Å². The molecule has 2 saturated heterocycles. The van der Waals surface area contributed by atoms with E-state index in [1.54, 1.807) is 0 Å². The van der Waals surface area contributed by atoms with Gasteiger partial charge < -0.3 is 86.6 Å². The van der Waals surface area contributed by atoms with Gasteiger partial charge in [-0.2, -0.15) is 0 Å². The van der Waals surface area contributed by atoms with Gasteiger partial charge in [-0.25, -0.2) is 4.79 Å². The van der Waals surface area contributed by atoms with Gasteiger partial charge in [0.2, 0.25) is 0 Å². The number of primary amides is 1. The average Bonchev–Trinajstić information content (AvgIpc) is 3.13. The predicted octanol–water partition coefficient (Wildman–Crippen LogP) is -7.34. The van der Waals surface area contributed by atoms with Crippen LogP contribution < -0.4 is 22.1 Å². The molecule has 0 aromatic carbocycles. The Morgan fingerprint density at radius 1 is 0.925 bits per heavy atom. The molecule has 0 radical (unpaired) electrons. The summed E-state index contributed by atoms with van der Waals surface area (Å²) in [6, 6.07) is -2.63. The van der Waals surface area contributed by atoms with Gasteiger partial charge in [-0.05, 0) is 14.0 Å². The van der Waals surface area contributed by atoms with Crippen LogP contribution in [-0.4, -0.2) is 164 Å². The maximum Gasteiger partial charge on any atom is 0.404 e. The van der Waals surface area contributed by atoms with Crippen molar-refractivity contribution in [1.82, 2.24) is 10.6 Å². The molecular weight excluding hydrogens is 546 g/mol. The highest BCUT2D eigenvalue weighted by Gasteiger charge is 2.60. The van der Waals surface area contributed by atoms with E-state index in [9.17, 15) is 45.6 Å². The minimum atomic E-state index is -2.18. The van der Waals surface area contributed by atoms with Gasteiger partial charge in [0.1, 0.15) is 54.4 Å². The number of carbonyl (C=O) groups is 1. The van der Waals surface area contributed by atoms with Gasteiger partial charge >= 0.3 is 6.09 Å². The van der Waals surface area contributed by atoms with E-state index in [0.29, 0.717) is 0 Å². The summed E-state index contributed by atoms with van der Waals surface area (Å²) in [5.74, 6) is -0.700. The van der Waals surface area contributed by atoms with Crippen molar-refractivity contribution in [1.29, 1.82) is 5.41 Å². The zero-order valence-corrected chi connectivity index (χ0v) is 21.7. The molecule has 15 N–H and O–H groups in total. The van der Waals surface area contributed by atoms with Crippen molar-refractivity contribution in [3.8, 4) is 0 Å². The third-order valence-corrected chi connectivity index (χ3v) is 7.48. The molecule has 2 aliphatic heterocycles. The number of rotatable bonds is 9. The highest BCUT2D eigenvalue weighted by molar-refractivity contribution is 5.74. The first-order chi connectivity index (χ1) is 18.7. The number of nitrogens with one attached hydrogen (secondary N) is 3. The largest absolute Gasteiger partial charge is 0.441 e. The Morgan fingerprint density at radius 3 is 2.08 bits per heavy atom. The predicted molar refractivity (Wildman–Crippen MR) is 128 cm³/mol. The van der Waals surface area contributed by atoms with Crippen LogP contribution in [0.5, 0.6) is 0 Å². The smallest absolute Gasteiger partial charge is 0.404 e. The summed E-state index contributed by atoms with van der Waals surface area (Å²) in [5.41, 5.74) is 8.23. The van der Waals surface area contributed by atoms with Gasteiger partial charge in [-0.1, -0.05) is 0 Å². The Bertz CT molecular complexity index is 891. The number of likely N-dealkylation sites (N-methyl/N-ethyl adjacent to an activating group) is 1. The van der Waals surface area contributed by atoms with E-state index < -0.39 is 117 Å². The van der Waals surface area contributed by atoms with Crippen LogP contribution in [0.3, 0.4) is 0 Å². The van der Waals surface area contributed by atoms with Crippen molar-refractivity contribution < 1.29 is 69.3 Å². The van der Waals surface area contributed by atoms with Crippen LogP contribution >= 0.6 is 0 Å². The molecule has 1 saturated carbocycles. The number of amides is 1. The Kier molecular flexibility index (Phi) is 10.5. The van der Waals surface area contributed by atoms with E-state index in [1.807, 2.05) is 0 Å². The van der Waals surface area contributed by atoms with Crippen LogP contribution in [-0.2, 0) is 23.7 Å². The third-order valence-electron chi connectivity index (χ3n) is 7.48. The number of hydrogen-bond acceptors (Lipinski definition) is 16. The highest BCUT2D eigenvalue weighted by atomic mass is 16.8. The number of aliphatic hydroxyl groups excluding tert-OH is 7. The lowest BCUT2D eigenvalue weighted by atomic mass is 9.82. The zero-order chi connectivity index (χ0) is 30.1. The molecule has 2 heterocycles. The van der Waals surface area contributed by atoms with Crippen LogP contribution in [0.25, 0.3) is 0 Å². The molecule has 19 heteroatoms. The first-order valence-corrected chi connectivity index (χ1v) is 12.4. The van der Waals surface area contributed by atoms with Gasteiger partial charge in [0, 0.05) is 0 Å². The van der Waals surface area contributed by atoms with E-state index in [1.165, 1.54) is 14.0 Å². The summed E-state index contributed by atoms with van der Waals surface area (Å²) in [5, 5.41) is 96.5. The maximum absolute atomic E-state index is 11.3. The highest BCUT2D eigenvalue weighted by Crippen LogP contribution is 2.38. The van der Waals surface area contributed by atoms with Crippen molar-refractivity contribution in [3.05, 3.63) is 0 Å². The van der Waals surface area contributed by atoms with Crippen LogP contribution in [0.1, 0.15) is 6.92 Å². The normalized spacial score (nSPS) is 47.5. The first-order valence-electron chi connectivity index (χ1n) is 12.4. The first kappa shape index (κ1) is 32.5. The lowest BCUT2D eigenvalue weighted by Crippen LogP contribution is -2.71. The average molecular weight is 586 g/mol. The molecule has 0 unspecified atom stereocenters. The SMILES string of the molecule is CN[C@@H]1[C@H](O[C@H]2[C@H](O[C@H]3[C@H](O)[C@@H](O)[C@H](OC(N)=O)[C@@H](O)[C@@H]3NC(=N)N)O[C@@H](C)[C@]2(O)CO)O[C@@H](CO)[C@H](O)[C@H]1O. The van der Waals surface area contributed by atoms with Crippen molar-refractivity contribution in [3.63, 3.8) is 0 Å². The molecule has 15 atom stereocenters. The van der Waals surface area contributed by atoms with Gasteiger partial charge in [-0.15, -0.1) is 0 Å². The van der Waals surface area contributed by atoms with E-state index in [0.717, 1.165) is 0 Å². The molecule has 3 fully saturated rings. The second kappa shape index (κ2) is 12.9. The Labute approximate surface area is 228 Å². The summed E-state index contributed by atoms with van der Waals surface area (Å²) in [6.07, 6.45) is -20.8. The van der Waals surface area contributed by atoms with Crippen molar-refractivity contribution in [2.24, 2.45) is 11.5 Å². The molecule has 0 bridgehead atoms. The molecule has 3 rings (SSSR count). The van der Waals surface area contributed by atoms with Gasteiger partial charge in [0.25, 0.3) is 0 Å². The molecule has 0 aromatic rings. The van der Waals surface area contributed by atoms with Crippen molar-refractivity contribution in [2.45, 2.75) is 98.2 Å². The minimum Gasteiger partial charge on any atom is -0.441 e. The maximum atomic E-state index is 11.3. The number of hydrogen-bond donors (Lipinski definition) is 13. The molecule has 0 aromatic heterocycles. The summed E-state index contributed by atoms with van der Waals surface area (Å²) in [4.78, 5) is 11.3. The number of ether oxygens (including phenoxy) is 5. The fourth-order valence-electron chi connectivity index (χ4n) is 5.15. The summed E-state index contributed by atoms with van der Waals surface area (Å²) in [6.45, 7) is -0.273. The summed E-state index contributed by atoms with van der Waals surface area (Å²) in [7, 11) is 1.42. The van der Waals surface area contributed by atoms with Crippen LogP contribution in [0.2, 0.25) is 0 Å². The van der Waals surface area contributed by atoms with E-state index in [2.05, 4.69) is 10.6 Å². The Balaban J connectivity index is 1.93. The lowest BCUT2D eigenvalue weighted by Gasteiger charge is -2.47. The molecule has 232 valence electrons. The number of aliphatic hydroxyl groups is 8. The lowest BCUT2D eigenvalue weighted by molar-refractivity contribution is -0.319. The second-order valence-corrected chi connectivity index (χ2v) is 9.93. The van der Waals surface area contributed by atoms with E-state index in [4.69, 9.17) is 40.6 Å². The fraction of sp³-hybridized carbons (Fsp3) is 0.905. The number of carbonyl (C=O) groups excluding carboxylic acids is 1. The summed E-state index contributed by atoms with van der Waals surface area (Å²) < 4.78 is 27.7. The molecular formula is C21H39N5O14. The zero-order valence-electron chi connectivity index (χ0n) is 21.7. The Hall–Kier alpha value is -1.98. The van der Waals surface area contributed by atoms with Crippen LogP contribution in [0.4, 0.5) is 4.79 Å². The number of nitrogens with two attached hydrogens (primary N) is 2. The number of guanidine groups is 1.